The molecule has 116 valence electrons. The third kappa shape index (κ3) is 4.81. The van der Waals surface area contributed by atoms with Gasteiger partial charge in [0.05, 0.1) is 19.3 Å². The highest BCUT2D eigenvalue weighted by molar-refractivity contribution is 7.99. The van der Waals surface area contributed by atoms with Crippen LogP contribution in [0.15, 0.2) is 29.2 Å². The molecule has 0 N–H and O–H groups in total. The molecule has 1 aliphatic rings. The van der Waals surface area contributed by atoms with E-state index < -0.39 is 0 Å². The van der Waals surface area contributed by atoms with E-state index in [0.29, 0.717) is 0 Å². The van der Waals surface area contributed by atoms with E-state index in [9.17, 15) is 4.79 Å². The molecule has 0 radical (unpaired) electrons. The van der Waals surface area contributed by atoms with Crippen molar-refractivity contribution in [2.45, 2.75) is 17.9 Å². The fourth-order valence-corrected chi connectivity index (χ4v) is 3.03. The van der Waals surface area contributed by atoms with E-state index in [4.69, 9.17) is 4.74 Å². The van der Waals surface area contributed by atoms with E-state index in [-0.39, 0.29) is 11.8 Å². The van der Waals surface area contributed by atoms with Crippen LogP contribution in [0, 0.1) is 0 Å². The number of hydrogen-bond donors (Lipinski definition) is 0. The van der Waals surface area contributed by atoms with Crippen molar-refractivity contribution in [2.24, 2.45) is 0 Å². The van der Waals surface area contributed by atoms with Gasteiger partial charge in [0, 0.05) is 29.4 Å². The van der Waals surface area contributed by atoms with Gasteiger partial charge in [-0.15, -0.1) is 11.8 Å². The lowest BCUT2D eigenvalue weighted by atomic mass is 10.0. The quantitative estimate of drug-likeness (QED) is 0.457. The van der Waals surface area contributed by atoms with Crippen molar-refractivity contribution in [2.75, 3.05) is 46.3 Å². The van der Waals surface area contributed by atoms with Gasteiger partial charge in [-0.1, -0.05) is 12.1 Å². The lowest BCUT2D eigenvalue weighted by Gasteiger charge is -2.31. The Labute approximate surface area is 131 Å². The molecule has 4 nitrogen and oxygen atoms in total. The van der Waals surface area contributed by atoms with Gasteiger partial charge in [0.1, 0.15) is 0 Å². The lowest BCUT2D eigenvalue weighted by Crippen LogP contribution is -2.45. The number of benzene rings is 1. The Morgan fingerprint density at radius 2 is 1.90 bits per heavy atom. The second kappa shape index (κ2) is 7.94. The topological polar surface area (TPSA) is 32.8 Å². The van der Waals surface area contributed by atoms with Crippen LogP contribution in [0.25, 0.3) is 0 Å². The molecule has 0 bridgehead atoms. The third-order valence-corrected chi connectivity index (χ3v) is 4.85. The minimum Gasteiger partial charge on any atom is -0.379 e. The first kappa shape index (κ1) is 16.5. The molecule has 1 saturated heterocycles. The van der Waals surface area contributed by atoms with Crippen molar-refractivity contribution in [3.63, 3.8) is 0 Å². The van der Waals surface area contributed by atoms with Gasteiger partial charge in [-0.2, -0.15) is 0 Å². The van der Waals surface area contributed by atoms with Crippen LogP contribution in [-0.4, -0.2) is 67.9 Å². The van der Waals surface area contributed by atoms with E-state index >= 15 is 0 Å². The van der Waals surface area contributed by atoms with E-state index in [1.807, 2.05) is 31.2 Å². The maximum atomic E-state index is 12.5. The Morgan fingerprint density at radius 3 is 2.48 bits per heavy atom. The highest BCUT2D eigenvalue weighted by Gasteiger charge is 2.23. The maximum Gasteiger partial charge on any atom is 0.179 e. The van der Waals surface area contributed by atoms with Crippen LogP contribution in [0.2, 0.25) is 0 Å². The SMILES string of the molecule is CC(C(=O)c1ccc(SCN(C)C)cc1)N1CCOCC1. The zero-order valence-corrected chi connectivity index (χ0v) is 13.9. The van der Waals surface area contributed by atoms with Gasteiger partial charge in [0.2, 0.25) is 0 Å². The number of ketones is 1. The molecule has 2 rings (SSSR count). The molecule has 1 fully saturated rings. The molecule has 1 heterocycles. The van der Waals surface area contributed by atoms with Gasteiger partial charge in [-0.3, -0.25) is 14.6 Å². The summed E-state index contributed by atoms with van der Waals surface area (Å²) in [4.78, 5) is 18.0. The normalized spacial score (nSPS) is 17.9. The highest BCUT2D eigenvalue weighted by atomic mass is 32.2. The smallest absolute Gasteiger partial charge is 0.179 e. The summed E-state index contributed by atoms with van der Waals surface area (Å²) < 4.78 is 5.34. The molecule has 1 aliphatic heterocycles. The van der Waals surface area contributed by atoms with Crippen molar-refractivity contribution in [1.82, 2.24) is 9.80 Å². The van der Waals surface area contributed by atoms with E-state index in [2.05, 4.69) is 23.9 Å². The zero-order chi connectivity index (χ0) is 15.2. The van der Waals surface area contributed by atoms with Crippen molar-refractivity contribution in [3.05, 3.63) is 29.8 Å². The fraction of sp³-hybridized carbons (Fsp3) is 0.562. The number of rotatable bonds is 6. The van der Waals surface area contributed by atoms with Crippen LogP contribution in [0.5, 0.6) is 0 Å². The van der Waals surface area contributed by atoms with Gasteiger partial charge in [0.15, 0.2) is 5.78 Å². The van der Waals surface area contributed by atoms with Crippen LogP contribution in [0.3, 0.4) is 0 Å². The molecular weight excluding hydrogens is 284 g/mol. The average Bonchev–Trinajstić information content (AvgIpc) is 2.53. The predicted molar refractivity (Wildman–Crippen MR) is 87.0 cm³/mol. The van der Waals surface area contributed by atoms with Gasteiger partial charge in [-0.25, -0.2) is 0 Å². The first-order chi connectivity index (χ1) is 10.1. The van der Waals surface area contributed by atoms with Crippen LogP contribution in [0.1, 0.15) is 17.3 Å². The monoisotopic (exact) mass is 308 g/mol. The molecule has 1 atom stereocenters. The van der Waals surface area contributed by atoms with E-state index in [1.165, 1.54) is 4.90 Å². The molecule has 1 aromatic rings. The number of morpholine rings is 1. The molecule has 0 amide bonds. The summed E-state index contributed by atoms with van der Waals surface area (Å²) in [7, 11) is 4.10. The summed E-state index contributed by atoms with van der Waals surface area (Å²) in [5.74, 6) is 1.14. The average molecular weight is 308 g/mol. The van der Waals surface area contributed by atoms with E-state index in [1.54, 1.807) is 11.8 Å². The molecule has 1 unspecified atom stereocenters. The molecule has 0 aromatic heterocycles. The molecule has 0 aliphatic carbocycles. The summed E-state index contributed by atoms with van der Waals surface area (Å²) in [5, 5.41) is 0. The number of carbonyl (C=O) groups excluding carboxylic acids is 1. The Hall–Kier alpha value is -0.880. The fourth-order valence-electron chi connectivity index (χ4n) is 2.29. The van der Waals surface area contributed by atoms with Gasteiger partial charge < -0.3 is 4.74 Å². The molecule has 0 saturated carbocycles. The van der Waals surface area contributed by atoms with Gasteiger partial charge in [-0.05, 0) is 33.2 Å². The second-order valence-corrected chi connectivity index (χ2v) is 6.58. The Morgan fingerprint density at radius 1 is 1.29 bits per heavy atom. The number of Topliss-reactive ketones (excluding diaryl/α,β-unsaturated/α-hetero) is 1. The summed E-state index contributed by atoms with van der Waals surface area (Å²) in [6.45, 7) is 5.10. The van der Waals surface area contributed by atoms with Gasteiger partial charge in [0.25, 0.3) is 0 Å². The largest absolute Gasteiger partial charge is 0.379 e. The summed E-state index contributed by atoms with van der Waals surface area (Å²) >= 11 is 1.77. The highest BCUT2D eigenvalue weighted by Crippen LogP contribution is 2.20. The van der Waals surface area contributed by atoms with Gasteiger partial charge >= 0.3 is 0 Å². The molecule has 21 heavy (non-hydrogen) atoms. The van der Waals surface area contributed by atoms with Crippen LogP contribution in [0.4, 0.5) is 0 Å². The molecular formula is C16H24N2O2S. The number of nitrogens with zero attached hydrogens (tertiary/aromatic N) is 2. The first-order valence-corrected chi connectivity index (χ1v) is 8.30. The number of carbonyl (C=O) groups is 1. The Kier molecular flexibility index (Phi) is 6.23. The summed E-state index contributed by atoms with van der Waals surface area (Å²) in [6.07, 6.45) is 0. The zero-order valence-electron chi connectivity index (χ0n) is 13.0. The lowest BCUT2D eigenvalue weighted by molar-refractivity contribution is 0.0208. The Bertz CT molecular complexity index is 456. The summed E-state index contributed by atoms with van der Waals surface area (Å²) in [6, 6.07) is 7.88. The van der Waals surface area contributed by atoms with Crippen LogP contribution in [-0.2, 0) is 4.74 Å². The van der Waals surface area contributed by atoms with Crippen molar-refractivity contribution in [1.29, 1.82) is 0 Å². The van der Waals surface area contributed by atoms with Crippen LogP contribution >= 0.6 is 11.8 Å². The second-order valence-electron chi connectivity index (χ2n) is 5.57. The van der Waals surface area contributed by atoms with Crippen LogP contribution < -0.4 is 0 Å². The number of hydrogen-bond acceptors (Lipinski definition) is 5. The predicted octanol–water partition coefficient (Wildman–Crippen LogP) is 2.20. The molecule has 0 spiro atoms. The number of ether oxygens (including phenoxy) is 1. The molecule has 5 heteroatoms. The Balaban J connectivity index is 1.95. The maximum absolute atomic E-state index is 12.5. The van der Waals surface area contributed by atoms with Crippen molar-refractivity contribution >= 4 is 17.5 Å². The summed E-state index contributed by atoms with van der Waals surface area (Å²) in [5.41, 5.74) is 0.795. The van der Waals surface area contributed by atoms with E-state index in [0.717, 1.165) is 37.7 Å². The minimum atomic E-state index is -0.0748. The minimum absolute atomic E-state index is 0.0748. The standard InChI is InChI=1S/C16H24N2O2S/c1-13(18-8-10-20-11-9-18)16(19)14-4-6-15(7-5-14)21-12-17(2)3/h4-7,13H,8-12H2,1-3H3. The van der Waals surface area contributed by atoms with Crippen molar-refractivity contribution < 1.29 is 9.53 Å². The van der Waals surface area contributed by atoms with Crippen molar-refractivity contribution in [3.8, 4) is 0 Å². The number of thioether (sulfide) groups is 1. The molecule has 1 aromatic carbocycles. The third-order valence-electron chi connectivity index (χ3n) is 3.60. The first-order valence-electron chi connectivity index (χ1n) is 7.31.